The molecule has 0 aliphatic carbocycles. The molecule has 0 bridgehead atoms. The average molecular weight is 251 g/mol. The third-order valence-electron chi connectivity index (χ3n) is 2.84. The lowest BCUT2D eigenvalue weighted by atomic mass is 10.1. The van der Waals surface area contributed by atoms with Crippen molar-refractivity contribution in [2.75, 3.05) is 26.8 Å². The maximum Gasteiger partial charge on any atom is 0.307 e. The SMILES string of the molecule is CCN(CCOC)Cc1ccc(CC(=O)O)cc1. The molecule has 0 saturated carbocycles. The second-order valence-electron chi connectivity index (χ2n) is 4.25. The molecule has 1 aromatic carbocycles. The van der Waals surface area contributed by atoms with Gasteiger partial charge in [0.15, 0.2) is 0 Å². The quantitative estimate of drug-likeness (QED) is 0.765. The van der Waals surface area contributed by atoms with E-state index in [1.165, 1.54) is 5.56 Å². The van der Waals surface area contributed by atoms with Crippen molar-refractivity contribution < 1.29 is 14.6 Å². The highest BCUT2D eigenvalue weighted by molar-refractivity contribution is 5.70. The van der Waals surface area contributed by atoms with Crippen LogP contribution in [0.25, 0.3) is 0 Å². The predicted octanol–water partition coefficient (Wildman–Crippen LogP) is 1.78. The minimum Gasteiger partial charge on any atom is -0.481 e. The van der Waals surface area contributed by atoms with E-state index in [1.54, 1.807) is 7.11 Å². The Balaban J connectivity index is 2.53. The van der Waals surface area contributed by atoms with Crippen LogP contribution in [0.1, 0.15) is 18.1 Å². The van der Waals surface area contributed by atoms with E-state index in [0.717, 1.165) is 31.8 Å². The first-order chi connectivity index (χ1) is 8.65. The molecule has 0 aliphatic heterocycles. The molecule has 100 valence electrons. The van der Waals surface area contributed by atoms with Crippen LogP contribution >= 0.6 is 0 Å². The van der Waals surface area contributed by atoms with Gasteiger partial charge in [0.05, 0.1) is 13.0 Å². The number of hydrogen-bond acceptors (Lipinski definition) is 3. The Labute approximate surface area is 108 Å². The molecule has 0 aliphatic rings. The largest absolute Gasteiger partial charge is 0.481 e. The normalized spacial score (nSPS) is 10.8. The molecule has 0 fully saturated rings. The molecule has 0 saturated heterocycles. The van der Waals surface area contributed by atoms with Crippen LogP contribution < -0.4 is 0 Å². The summed E-state index contributed by atoms with van der Waals surface area (Å²) in [6.07, 6.45) is 0.0848. The number of likely N-dealkylation sites (N-methyl/N-ethyl adjacent to an activating group) is 1. The monoisotopic (exact) mass is 251 g/mol. The van der Waals surface area contributed by atoms with Crippen LogP contribution in [0, 0.1) is 0 Å². The fourth-order valence-corrected chi connectivity index (χ4v) is 1.76. The van der Waals surface area contributed by atoms with Gasteiger partial charge in [-0.2, -0.15) is 0 Å². The molecular weight excluding hydrogens is 230 g/mol. The number of hydrogen-bond donors (Lipinski definition) is 1. The second kappa shape index (κ2) is 7.84. The summed E-state index contributed by atoms with van der Waals surface area (Å²) < 4.78 is 5.07. The van der Waals surface area contributed by atoms with Gasteiger partial charge in [0, 0.05) is 20.2 Å². The van der Waals surface area contributed by atoms with Crippen LogP contribution in [0.15, 0.2) is 24.3 Å². The first-order valence-corrected chi connectivity index (χ1v) is 6.16. The number of aliphatic carboxylic acids is 1. The number of methoxy groups -OCH3 is 1. The highest BCUT2D eigenvalue weighted by Gasteiger charge is 2.04. The topological polar surface area (TPSA) is 49.8 Å². The third kappa shape index (κ3) is 5.29. The third-order valence-corrected chi connectivity index (χ3v) is 2.84. The highest BCUT2D eigenvalue weighted by Crippen LogP contribution is 2.08. The van der Waals surface area contributed by atoms with Crippen molar-refractivity contribution >= 4 is 5.97 Å². The summed E-state index contributed by atoms with van der Waals surface area (Å²) in [5.41, 5.74) is 2.04. The van der Waals surface area contributed by atoms with Crippen LogP contribution in [0.2, 0.25) is 0 Å². The lowest BCUT2D eigenvalue weighted by Crippen LogP contribution is -2.26. The van der Waals surface area contributed by atoms with Crippen LogP contribution in [0.3, 0.4) is 0 Å². The number of nitrogens with zero attached hydrogens (tertiary/aromatic N) is 1. The summed E-state index contributed by atoms with van der Waals surface area (Å²) in [5, 5.41) is 8.69. The Morgan fingerprint density at radius 1 is 1.28 bits per heavy atom. The Hall–Kier alpha value is -1.39. The minimum atomic E-state index is -0.793. The minimum absolute atomic E-state index is 0.0848. The maximum atomic E-state index is 10.6. The molecule has 1 N–H and O–H groups in total. The van der Waals surface area contributed by atoms with Gasteiger partial charge in [0.2, 0.25) is 0 Å². The zero-order chi connectivity index (χ0) is 13.4. The fraction of sp³-hybridized carbons (Fsp3) is 0.500. The zero-order valence-corrected chi connectivity index (χ0v) is 11.1. The number of carboxylic acid groups (broad SMARTS) is 1. The molecule has 0 spiro atoms. The van der Waals surface area contributed by atoms with Gasteiger partial charge in [-0.3, -0.25) is 9.69 Å². The van der Waals surface area contributed by atoms with Gasteiger partial charge >= 0.3 is 5.97 Å². The molecule has 18 heavy (non-hydrogen) atoms. The van der Waals surface area contributed by atoms with Gasteiger partial charge in [0.1, 0.15) is 0 Å². The summed E-state index contributed by atoms with van der Waals surface area (Å²) in [5.74, 6) is -0.793. The average Bonchev–Trinajstić information content (AvgIpc) is 2.36. The lowest BCUT2D eigenvalue weighted by Gasteiger charge is -2.20. The Morgan fingerprint density at radius 2 is 1.89 bits per heavy atom. The molecule has 4 heteroatoms. The van der Waals surface area contributed by atoms with Crippen molar-refractivity contribution in [2.24, 2.45) is 0 Å². The molecule has 0 heterocycles. The molecule has 0 amide bonds. The van der Waals surface area contributed by atoms with Crippen molar-refractivity contribution in [1.82, 2.24) is 4.90 Å². The smallest absolute Gasteiger partial charge is 0.307 e. The first kappa shape index (κ1) is 14.7. The number of carboxylic acids is 1. The van der Waals surface area contributed by atoms with E-state index in [1.807, 2.05) is 24.3 Å². The number of carbonyl (C=O) groups is 1. The van der Waals surface area contributed by atoms with Gasteiger partial charge < -0.3 is 9.84 Å². The van der Waals surface area contributed by atoms with Crippen LogP contribution in [0.4, 0.5) is 0 Å². The summed E-state index contributed by atoms with van der Waals surface area (Å²) in [6, 6.07) is 7.75. The zero-order valence-electron chi connectivity index (χ0n) is 11.1. The van der Waals surface area contributed by atoms with Crippen LogP contribution in [-0.2, 0) is 22.5 Å². The van der Waals surface area contributed by atoms with E-state index < -0.39 is 5.97 Å². The summed E-state index contributed by atoms with van der Waals surface area (Å²) in [6.45, 7) is 5.59. The molecular formula is C14H21NO3. The van der Waals surface area contributed by atoms with E-state index in [0.29, 0.717) is 0 Å². The van der Waals surface area contributed by atoms with E-state index in [4.69, 9.17) is 9.84 Å². The summed E-state index contributed by atoms with van der Waals surface area (Å²) >= 11 is 0. The highest BCUT2D eigenvalue weighted by atomic mass is 16.5. The fourth-order valence-electron chi connectivity index (χ4n) is 1.76. The number of benzene rings is 1. The summed E-state index contributed by atoms with van der Waals surface area (Å²) in [7, 11) is 1.70. The van der Waals surface area contributed by atoms with Crippen LogP contribution in [0.5, 0.6) is 0 Å². The van der Waals surface area contributed by atoms with Crippen molar-refractivity contribution in [3.63, 3.8) is 0 Å². The van der Waals surface area contributed by atoms with Gasteiger partial charge in [-0.1, -0.05) is 31.2 Å². The second-order valence-corrected chi connectivity index (χ2v) is 4.25. The van der Waals surface area contributed by atoms with E-state index in [9.17, 15) is 4.79 Å². The van der Waals surface area contributed by atoms with Crippen LogP contribution in [-0.4, -0.2) is 42.8 Å². The summed E-state index contributed by atoms with van der Waals surface area (Å²) in [4.78, 5) is 12.9. The predicted molar refractivity (Wildman–Crippen MR) is 70.6 cm³/mol. The standard InChI is InChI=1S/C14H21NO3/c1-3-15(8-9-18-2)11-13-6-4-12(5-7-13)10-14(16)17/h4-7H,3,8-11H2,1-2H3,(H,16,17). The maximum absolute atomic E-state index is 10.6. The van der Waals surface area contributed by atoms with Gasteiger partial charge in [-0.15, -0.1) is 0 Å². The van der Waals surface area contributed by atoms with Crippen molar-refractivity contribution in [2.45, 2.75) is 19.9 Å². The van der Waals surface area contributed by atoms with E-state index in [2.05, 4.69) is 11.8 Å². The molecule has 0 atom stereocenters. The number of ether oxygens (including phenoxy) is 1. The molecule has 1 aromatic rings. The molecule has 1 rings (SSSR count). The van der Waals surface area contributed by atoms with Crippen molar-refractivity contribution in [3.05, 3.63) is 35.4 Å². The van der Waals surface area contributed by atoms with Crippen molar-refractivity contribution in [1.29, 1.82) is 0 Å². The van der Waals surface area contributed by atoms with E-state index in [-0.39, 0.29) is 6.42 Å². The molecule has 0 radical (unpaired) electrons. The molecule has 0 unspecified atom stereocenters. The van der Waals surface area contributed by atoms with Gasteiger partial charge in [-0.25, -0.2) is 0 Å². The van der Waals surface area contributed by atoms with Crippen molar-refractivity contribution in [3.8, 4) is 0 Å². The Bertz CT molecular complexity index is 362. The lowest BCUT2D eigenvalue weighted by molar-refractivity contribution is -0.136. The Morgan fingerprint density at radius 3 is 2.39 bits per heavy atom. The van der Waals surface area contributed by atoms with Gasteiger partial charge in [-0.05, 0) is 17.7 Å². The van der Waals surface area contributed by atoms with E-state index >= 15 is 0 Å². The number of rotatable bonds is 8. The molecule has 0 aromatic heterocycles. The van der Waals surface area contributed by atoms with Gasteiger partial charge in [0.25, 0.3) is 0 Å². The first-order valence-electron chi connectivity index (χ1n) is 6.16. The molecule has 4 nitrogen and oxygen atoms in total. The Kier molecular flexibility index (Phi) is 6.39.